The van der Waals surface area contributed by atoms with E-state index in [0.717, 1.165) is 22.3 Å². The molecular formula is C28H31N5O4. The van der Waals surface area contributed by atoms with Crippen LogP contribution < -0.4 is 21.5 Å². The maximum absolute atomic E-state index is 13.9. The summed E-state index contributed by atoms with van der Waals surface area (Å²) in [5.74, 6) is 4.74. The van der Waals surface area contributed by atoms with E-state index in [1.807, 2.05) is 48.5 Å². The van der Waals surface area contributed by atoms with E-state index in [9.17, 15) is 14.4 Å². The smallest absolute Gasteiger partial charge is 0.408 e. The summed E-state index contributed by atoms with van der Waals surface area (Å²) in [4.78, 5) is 44.9. The highest BCUT2D eigenvalue weighted by Gasteiger charge is 2.34. The number of carbonyl (C=O) groups is 3. The van der Waals surface area contributed by atoms with Gasteiger partial charge >= 0.3 is 6.09 Å². The Morgan fingerprint density at radius 1 is 1.05 bits per heavy atom. The zero-order valence-electron chi connectivity index (χ0n) is 21.2. The van der Waals surface area contributed by atoms with Crippen molar-refractivity contribution < 1.29 is 19.1 Å². The second kappa shape index (κ2) is 10.8. The maximum Gasteiger partial charge on any atom is 0.408 e. The molecule has 192 valence electrons. The number of amides is 3. The molecule has 9 nitrogen and oxygen atoms in total. The minimum absolute atomic E-state index is 0.283. The van der Waals surface area contributed by atoms with Gasteiger partial charge in [-0.15, -0.1) is 0 Å². The number of hydrazine groups is 1. The van der Waals surface area contributed by atoms with E-state index in [1.54, 1.807) is 44.1 Å². The molecule has 2 heterocycles. The summed E-state index contributed by atoms with van der Waals surface area (Å²) in [7, 11) is 0. The Bertz CT molecular complexity index is 1290. The molecular weight excluding hydrogens is 470 g/mol. The lowest BCUT2D eigenvalue weighted by Gasteiger charge is -2.27. The number of hydrogen-bond donors (Lipinski definition) is 3. The number of hydrogen-bond acceptors (Lipinski definition) is 6. The molecule has 1 aliphatic heterocycles. The van der Waals surface area contributed by atoms with Gasteiger partial charge < -0.3 is 15.0 Å². The first-order chi connectivity index (χ1) is 17.7. The lowest BCUT2D eigenvalue weighted by atomic mass is 9.97. The van der Waals surface area contributed by atoms with Gasteiger partial charge in [0, 0.05) is 36.6 Å². The number of nitrogens with zero attached hydrogens (tertiary/aromatic N) is 2. The SMILES string of the molecule is CC(C)(C)OC(=O)N[C@@H](Cc1ccccc1)C(=O)N1CCc2c(C(=O)NN)cc(-c3ccncc3)cc21. The third-order valence-electron chi connectivity index (χ3n) is 6.03. The molecule has 1 atom stereocenters. The summed E-state index contributed by atoms with van der Waals surface area (Å²) in [6.45, 7) is 5.66. The van der Waals surface area contributed by atoms with Crippen molar-refractivity contribution in [2.45, 2.75) is 45.3 Å². The summed E-state index contributed by atoms with van der Waals surface area (Å²) in [6.07, 6.45) is 3.41. The third kappa shape index (κ3) is 6.13. The van der Waals surface area contributed by atoms with Gasteiger partial charge in [0.15, 0.2) is 0 Å². The molecule has 0 aliphatic carbocycles. The van der Waals surface area contributed by atoms with Crippen LogP contribution in [0.15, 0.2) is 67.0 Å². The fourth-order valence-corrected chi connectivity index (χ4v) is 4.41. The Morgan fingerprint density at radius 2 is 1.76 bits per heavy atom. The predicted octanol–water partition coefficient (Wildman–Crippen LogP) is 3.38. The van der Waals surface area contributed by atoms with Gasteiger partial charge in [0.05, 0.1) is 0 Å². The van der Waals surface area contributed by atoms with Gasteiger partial charge in [-0.1, -0.05) is 30.3 Å². The number of nitrogens with one attached hydrogen (secondary N) is 2. The molecule has 37 heavy (non-hydrogen) atoms. The van der Waals surface area contributed by atoms with Crippen LogP contribution >= 0.6 is 0 Å². The van der Waals surface area contributed by atoms with Gasteiger partial charge in [0.2, 0.25) is 5.91 Å². The average Bonchev–Trinajstić information content (AvgIpc) is 3.31. The fourth-order valence-electron chi connectivity index (χ4n) is 4.41. The monoisotopic (exact) mass is 501 g/mol. The molecule has 1 aliphatic rings. The van der Waals surface area contributed by atoms with Crippen molar-refractivity contribution in [1.82, 2.24) is 15.7 Å². The third-order valence-corrected chi connectivity index (χ3v) is 6.03. The van der Waals surface area contributed by atoms with Crippen LogP contribution in [-0.4, -0.2) is 41.1 Å². The van der Waals surface area contributed by atoms with Gasteiger partial charge in [-0.25, -0.2) is 10.6 Å². The standard InChI is InChI=1S/C28H31N5O4/c1-28(2,3)37-27(36)31-23(15-18-7-5-4-6-8-18)26(35)33-14-11-21-22(25(34)32-29)16-20(17-24(21)33)19-9-12-30-13-10-19/h4-10,12-13,16-17,23H,11,14-15,29H2,1-3H3,(H,31,36)(H,32,34)/t23-/m0/s1. The Kier molecular flexibility index (Phi) is 7.54. The molecule has 0 saturated heterocycles. The number of aromatic nitrogens is 1. The molecule has 0 saturated carbocycles. The van der Waals surface area contributed by atoms with Crippen LogP contribution in [0.3, 0.4) is 0 Å². The number of rotatable bonds is 6. The number of nitrogen functional groups attached to an aromatic ring is 1. The highest BCUT2D eigenvalue weighted by Crippen LogP contribution is 2.36. The van der Waals surface area contributed by atoms with E-state index in [-0.39, 0.29) is 12.3 Å². The lowest BCUT2D eigenvalue weighted by Crippen LogP contribution is -2.50. The molecule has 3 amide bonds. The number of fused-ring (bicyclic) bond motifs is 1. The minimum Gasteiger partial charge on any atom is -0.444 e. The van der Waals surface area contributed by atoms with E-state index in [4.69, 9.17) is 10.6 Å². The summed E-state index contributed by atoms with van der Waals surface area (Å²) in [6, 6.07) is 15.9. The number of anilines is 1. The van der Waals surface area contributed by atoms with Crippen LogP contribution in [0.25, 0.3) is 11.1 Å². The van der Waals surface area contributed by atoms with Crippen LogP contribution in [-0.2, 0) is 22.4 Å². The molecule has 2 aromatic carbocycles. The first-order valence-electron chi connectivity index (χ1n) is 12.1. The molecule has 0 unspecified atom stereocenters. The van der Waals surface area contributed by atoms with E-state index in [1.165, 1.54) is 0 Å². The molecule has 0 spiro atoms. The van der Waals surface area contributed by atoms with Crippen LogP contribution in [0.2, 0.25) is 0 Å². The molecule has 9 heteroatoms. The Balaban J connectivity index is 1.71. The van der Waals surface area contributed by atoms with Gasteiger partial charge in [-0.2, -0.15) is 0 Å². The number of pyridine rings is 1. The number of nitrogens with two attached hydrogens (primary N) is 1. The quantitative estimate of drug-likeness (QED) is 0.270. The van der Waals surface area contributed by atoms with Gasteiger partial charge in [-0.05, 0) is 73.7 Å². The van der Waals surface area contributed by atoms with E-state index < -0.39 is 23.6 Å². The summed E-state index contributed by atoms with van der Waals surface area (Å²) < 4.78 is 5.44. The largest absolute Gasteiger partial charge is 0.444 e. The van der Waals surface area contributed by atoms with Crippen molar-refractivity contribution in [3.8, 4) is 11.1 Å². The minimum atomic E-state index is -0.875. The van der Waals surface area contributed by atoms with Crippen LogP contribution in [0, 0.1) is 0 Å². The Labute approximate surface area is 216 Å². The topological polar surface area (TPSA) is 127 Å². The van der Waals surface area contributed by atoms with Crippen molar-refractivity contribution in [2.75, 3.05) is 11.4 Å². The molecule has 1 aromatic heterocycles. The van der Waals surface area contributed by atoms with Crippen LogP contribution in [0.5, 0.6) is 0 Å². The molecule has 0 fully saturated rings. The zero-order valence-corrected chi connectivity index (χ0v) is 21.2. The van der Waals surface area contributed by atoms with Crippen molar-refractivity contribution in [3.63, 3.8) is 0 Å². The summed E-state index contributed by atoms with van der Waals surface area (Å²) >= 11 is 0. The van der Waals surface area contributed by atoms with Crippen LogP contribution in [0.4, 0.5) is 10.5 Å². The highest BCUT2D eigenvalue weighted by molar-refractivity contribution is 6.05. The molecule has 0 bridgehead atoms. The number of carbonyl (C=O) groups excluding carboxylic acids is 3. The van der Waals surface area contributed by atoms with E-state index >= 15 is 0 Å². The average molecular weight is 502 g/mol. The van der Waals surface area contributed by atoms with Gasteiger partial charge in [0.1, 0.15) is 11.6 Å². The van der Waals surface area contributed by atoms with Gasteiger partial charge in [0.25, 0.3) is 5.91 Å². The second-order valence-corrected chi connectivity index (χ2v) is 9.86. The van der Waals surface area contributed by atoms with Crippen molar-refractivity contribution >= 4 is 23.6 Å². The normalized spacial score (nSPS) is 13.5. The Hall–Kier alpha value is -4.24. The van der Waals surface area contributed by atoms with Crippen molar-refractivity contribution in [2.24, 2.45) is 5.84 Å². The van der Waals surface area contributed by atoms with Gasteiger partial charge in [-0.3, -0.25) is 20.0 Å². The number of benzene rings is 2. The Morgan fingerprint density at radius 3 is 2.41 bits per heavy atom. The molecule has 3 aromatic rings. The molecule has 4 N–H and O–H groups in total. The maximum atomic E-state index is 13.9. The van der Waals surface area contributed by atoms with Crippen LogP contribution in [0.1, 0.15) is 42.3 Å². The van der Waals surface area contributed by atoms with Crippen molar-refractivity contribution in [1.29, 1.82) is 0 Å². The first-order valence-corrected chi connectivity index (χ1v) is 12.1. The van der Waals surface area contributed by atoms with E-state index in [2.05, 4.69) is 15.7 Å². The highest BCUT2D eigenvalue weighted by atomic mass is 16.6. The van der Waals surface area contributed by atoms with Crippen molar-refractivity contribution in [3.05, 3.63) is 83.7 Å². The first kappa shape index (κ1) is 25.8. The lowest BCUT2D eigenvalue weighted by molar-refractivity contribution is -0.120. The fraction of sp³-hybridized carbons (Fsp3) is 0.286. The summed E-state index contributed by atoms with van der Waals surface area (Å²) in [5.41, 5.74) is 5.73. The summed E-state index contributed by atoms with van der Waals surface area (Å²) in [5, 5.41) is 2.76. The second-order valence-electron chi connectivity index (χ2n) is 9.86. The molecule has 4 rings (SSSR count). The molecule has 0 radical (unpaired) electrons. The number of alkyl carbamates (subject to hydrolysis) is 1. The number of ether oxygens (including phenoxy) is 1. The predicted molar refractivity (Wildman–Crippen MR) is 141 cm³/mol. The zero-order chi connectivity index (χ0) is 26.6. The van der Waals surface area contributed by atoms with E-state index in [0.29, 0.717) is 24.2 Å².